The Morgan fingerprint density at radius 2 is 1.29 bits per heavy atom. The van der Waals surface area contributed by atoms with Crippen LogP contribution in [0.1, 0.15) is 80.1 Å². The van der Waals surface area contributed by atoms with Gasteiger partial charge >= 0.3 is 16.4 Å². The van der Waals surface area contributed by atoms with Crippen molar-refractivity contribution < 1.29 is 135 Å². The Labute approximate surface area is 480 Å². The highest BCUT2D eigenvalue weighted by molar-refractivity contribution is 7.80. The molecule has 4 aliphatic carbocycles. The maximum Gasteiger partial charge on any atom is 0.397 e. The first-order chi connectivity index (χ1) is 39.0. The molecule has 2 bridgehead atoms. The van der Waals surface area contributed by atoms with Crippen LogP contribution in [0.5, 0.6) is 0 Å². The zero-order valence-electron chi connectivity index (χ0n) is 47.3. The van der Waals surface area contributed by atoms with Crippen LogP contribution in [0.15, 0.2) is 23.8 Å². The van der Waals surface area contributed by atoms with Gasteiger partial charge in [-0.1, -0.05) is 51.5 Å². The molecule has 31 atom stereocenters. The number of hydrogen-bond acceptors (Lipinski definition) is 27. The lowest BCUT2D eigenvalue weighted by Crippen LogP contribution is -2.68. The van der Waals surface area contributed by atoms with E-state index in [1.54, 1.807) is 0 Å². The molecule has 0 radical (unpaired) electrons. The molecule has 28 nitrogen and oxygen atoms in total. The van der Waals surface area contributed by atoms with E-state index in [0.717, 1.165) is 12.0 Å². The molecule has 6 heterocycles. The molecule has 6 saturated heterocycles. The van der Waals surface area contributed by atoms with E-state index < -0.39 is 194 Å². The van der Waals surface area contributed by atoms with Crippen LogP contribution in [-0.2, 0) is 76.2 Å². The Morgan fingerprint density at radius 1 is 0.687 bits per heavy atom. The van der Waals surface area contributed by atoms with E-state index in [1.165, 1.54) is 19.6 Å². The Morgan fingerprint density at radius 3 is 1.94 bits per heavy atom. The summed E-state index contributed by atoms with van der Waals surface area (Å²) >= 11 is 0. The number of aliphatic hydroxyl groups is 11. The minimum Gasteiger partial charge on any atom is -0.461 e. The Balaban J connectivity index is 0.924. The molecular weight excluding hydrogens is 1130 g/mol. The minimum atomic E-state index is -5.26. The summed E-state index contributed by atoms with van der Waals surface area (Å²) in [6.45, 7) is 13.5. The van der Waals surface area contributed by atoms with Gasteiger partial charge in [-0.15, -0.1) is 0 Å². The van der Waals surface area contributed by atoms with Gasteiger partial charge < -0.3 is 113 Å². The quantitative estimate of drug-likeness (QED) is 0.0415. The topological polar surface area (TPSA) is 414 Å². The van der Waals surface area contributed by atoms with Gasteiger partial charge in [-0.25, -0.2) is 4.18 Å². The first-order valence-electron chi connectivity index (χ1n) is 28.5. The Hall–Kier alpha value is -2.06. The Kier molecular flexibility index (Phi) is 18.3. The van der Waals surface area contributed by atoms with Gasteiger partial charge in [-0.2, -0.15) is 8.42 Å². The molecule has 0 aromatic heterocycles. The molecule has 1 spiro atoms. The van der Waals surface area contributed by atoms with E-state index in [-0.39, 0.29) is 41.8 Å². The number of fused-ring (bicyclic) bond motifs is 5. The van der Waals surface area contributed by atoms with E-state index >= 15 is 0 Å². The molecule has 6 aliphatic heterocycles. The van der Waals surface area contributed by atoms with Crippen molar-refractivity contribution in [1.29, 1.82) is 0 Å². The van der Waals surface area contributed by atoms with Gasteiger partial charge in [0.1, 0.15) is 110 Å². The average Bonchev–Trinajstić information content (AvgIpc) is 1.89. The van der Waals surface area contributed by atoms with Crippen molar-refractivity contribution in [2.24, 2.45) is 39.4 Å². The van der Waals surface area contributed by atoms with Gasteiger partial charge in [-0.05, 0) is 75.0 Å². The predicted molar refractivity (Wildman–Crippen MR) is 274 cm³/mol. The second-order valence-electron chi connectivity index (χ2n) is 25.5. The molecule has 3 saturated carbocycles. The van der Waals surface area contributed by atoms with Crippen molar-refractivity contribution in [3.63, 3.8) is 0 Å². The highest BCUT2D eigenvalue weighted by atomic mass is 32.3. The summed E-state index contributed by atoms with van der Waals surface area (Å²) in [6.07, 6.45) is -35.4. The maximum atomic E-state index is 13.8. The van der Waals surface area contributed by atoms with Gasteiger partial charge in [-0.3, -0.25) is 9.35 Å². The molecule has 0 unspecified atom stereocenters. The van der Waals surface area contributed by atoms with Crippen LogP contribution >= 0.6 is 0 Å². The first-order valence-corrected chi connectivity index (χ1v) is 29.9. The number of allylic oxidation sites excluding steroid dienone is 2. The first kappa shape index (κ1) is 63.9. The number of ether oxygens (including phenoxy) is 12. The van der Waals surface area contributed by atoms with Crippen LogP contribution in [0.3, 0.4) is 0 Å². The zero-order valence-corrected chi connectivity index (χ0v) is 48.1. The summed E-state index contributed by atoms with van der Waals surface area (Å²) in [5.74, 6) is -0.120. The standard InChI is InChI=1S/C54H84O28S/c1-20(2)31-25-15-53(7)23-9-10-29-51(4,5)30(12-13-52(29,6)22(23)11-14-54(31,53)50(66)76-25)77-48-43(34(60)28(19-72-48)82-83(67,68)69)81-49-44(80-46-36(62)35(61)32(58)26(16-55)74-46)37(63)40(21(3)73-49)78-47-39(65)42(33(59)27(17-56)75-47)79-45-38(64)41(70-8)24(57)18-71-45/h9,21-22,24-49,55-65H,1,10-19H2,2-8H3,(H,67,68,69)/t21-,22-,24-,25+,26-,27-,28-,29+,30-,31+,32+,33-,34-,35+,36-,37+,38-,39-,40-,41+,42+,43-,44-,45+,46+,47+,48+,49+,52-,53+,54-/m1/s1. The zero-order chi connectivity index (χ0) is 60.4. The molecule has 0 aromatic rings. The summed E-state index contributed by atoms with van der Waals surface area (Å²) in [4.78, 5) is 13.8. The van der Waals surface area contributed by atoms with E-state index in [9.17, 15) is 73.9 Å². The minimum absolute atomic E-state index is 0.00861. The number of esters is 1. The number of carbonyl (C=O) groups excluding carboxylic acids is 1. The molecule has 0 aromatic carbocycles. The molecule has 0 amide bonds. The molecule has 10 aliphatic rings. The van der Waals surface area contributed by atoms with Gasteiger partial charge in [0.15, 0.2) is 31.5 Å². The van der Waals surface area contributed by atoms with E-state index in [2.05, 4.69) is 40.3 Å². The summed E-state index contributed by atoms with van der Waals surface area (Å²) in [5.41, 5.74) is 0.167. The van der Waals surface area contributed by atoms with Crippen LogP contribution in [-0.4, -0.2) is 262 Å². The summed E-state index contributed by atoms with van der Waals surface area (Å²) in [5, 5.41) is 122. The van der Waals surface area contributed by atoms with E-state index in [4.69, 9.17) is 61.0 Å². The smallest absolute Gasteiger partial charge is 0.397 e. The molecule has 10 rings (SSSR count). The lowest BCUT2D eigenvalue weighted by molar-refractivity contribution is -0.405. The van der Waals surface area contributed by atoms with Gasteiger partial charge in [0.25, 0.3) is 0 Å². The molecule has 9 fully saturated rings. The highest BCUT2D eigenvalue weighted by Crippen LogP contribution is 2.76. The second-order valence-corrected chi connectivity index (χ2v) is 26.6. The largest absolute Gasteiger partial charge is 0.461 e. The number of hydrogen-bond donors (Lipinski definition) is 12. The van der Waals surface area contributed by atoms with Crippen LogP contribution < -0.4 is 0 Å². The normalized spacial score (nSPS) is 52.4. The Bertz CT molecular complexity index is 2490. The van der Waals surface area contributed by atoms with E-state index in [0.29, 0.717) is 32.1 Å². The number of carbonyl (C=O) groups is 1. The van der Waals surface area contributed by atoms with Gasteiger partial charge in [0.2, 0.25) is 0 Å². The number of rotatable bonds is 16. The van der Waals surface area contributed by atoms with Crippen molar-refractivity contribution in [3.8, 4) is 0 Å². The van der Waals surface area contributed by atoms with Gasteiger partial charge in [0.05, 0.1) is 44.1 Å². The van der Waals surface area contributed by atoms with Crippen LogP contribution in [0.2, 0.25) is 0 Å². The van der Waals surface area contributed by atoms with Crippen molar-refractivity contribution in [2.45, 2.75) is 234 Å². The molecule has 29 heteroatoms. The van der Waals surface area contributed by atoms with Crippen LogP contribution in [0, 0.1) is 39.4 Å². The van der Waals surface area contributed by atoms with Crippen LogP contribution in [0.25, 0.3) is 0 Å². The predicted octanol–water partition coefficient (Wildman–Crippen LogP) is -3.05. The third-order valence-corrected chi connectivity index (χ3v) is 21.1. The lowest BCUT2D eigenvalue weighted by Gasteiger charge is -2.64. The second kappa shape index (κ2) is 23.7. The lowest BCUT2D eigenvalue weighted by atomic mass is 9.40. The van der Waals surface area contributed by atoms with Crippen molar-refractivity contribution in [1.82, 2.24) is 0 Å². The highest BCUT2D eigenvalue weighted by Gasteiger charge is 2.76. The van der Waals surface area contributed by atoms with Crippen molar-refractivity contribution in [2.75, 3.05) is 33.5 Å². The van der Waals surface area contributed by atoms with Crippen molar-refractivity contribution in [3.05, 3.63) is 23.8 Å². The third-order valence-electron chi connectivity index (χ3n) is 20.6. The molecule has 474 valence electrons. The summed E-state index contributed by atoms with van der Waals surface area (Å²) in [6, 6.07) is 0. The third kappa shape index (κ3) is 10.8. The fraction of sp³-hybridized carbons (Fsp3) is 0.907. The molecule has 12 N–H and O–H groups in total. The molecule has 83 heavy (non-hydrogen) atoms. The average molecular weight is 1210 g/mol. The fourth-order valence-electron chi connectivity index (χ4n) is 16.4. The molecular formula is C54H84O28S. The summed E-state index contributed by atoms with van der Waals surface area (Å²) in [7, 11) is -4.04. The van der Waals surface area contributed by atoms with Crippen LogP contribution in [0.4, 0.5) is 0 Å². The maximum absolute atomic E-state index is 13.8. The number of aliphatic hydroxyl groups excluding tert-OH is 11. The summed E-state index contributed by atoms with van der Waals surface area (Å²) < 4.78 is 111. The SMILES string of the molecule is C=C(C)[C@H]1[C@@H]2C[C@@]3(C)C4=CC[C@H]5C(C)(C)[C@H](O[C@@H]6OC[C@@H](OS(=O)(=O)O)[C@@H](O)[C@H]6O[C@@H]6O[C@H](C)[C@@H](O[C@@H]7O[C@H](CO)[C@@H](O)[C@H](O[C@@H]8OC[C@@H](O)[C@H](OC)[C@H]8O)[C@H]7O)[C@H](O)[C@H]6O[C@@H]6O[C@H](CO)[C@H](O)[C@H](O)[C@H]6O)CC[C@]5(C)[C@@H]4CC[C@]13C(=O)O2. The van der Waals surface area contributed by atoms with Gasteiger partial charge in [0, 0.05) is 18.4 Å². The monoisotopic (exact) mass is 1210 g/mol. The van der Waals surface area contributed by atoms with E-state index in [1.807, 2.05) is 6.92 Å². The fourth-order valence-corrected chi connectivity index (χ4v) is 16.9. The van der Waals surface area contributed by atoms with Crippen molar-refractivity contribution >= 4 is 16.4 Å². The number of methoxy groups -OCH3 is 1.